The quantitative estimate of drug-likeness (QED) is 0.583. The lowest BCUT2D eigenvalue weighted by Gasteiger charge is -2.05. The fraction of sp³-hybridized carbons (Fsp3) is 0.200. The van der Waals surface area contributed by atoms with E-state index in [4.69, 9.17) is 21.1 Å². The van der Waals surface area contributed by atoms with E-state index in [-0.39, 0.29) is 11.6 Å². The summed E-state index contributed by atoms with van der Waals surface area (Å²) < 4.78 is 10.4. The number of halogens is 1. The summed E-state index contributed by atoms with van der Waals surface area (Å²) in [4.78, 5) is 16.4. The summed E-state index contributed by atoms with van der Waals surface area (Å²) in [5, 5.41) is 0.411. The van der Waals surface area contributed by atoms with Gasteiger partial charge in [0.05, 0.1) is 17.7 Å². The molecule has 0 N–H and O–H groups in total. The third-order valence-corrected chi connectivity index (χ3v) is 4.25. The van der Waals surface area contributed by atoms with Crippen LogP contribution in [0.2, 0.25) is 5.02 Å². The predicted octanol–water partition coefficient (Wildman–Crippen LogP) is 4.82. The highest BCUT2D eigenvalue weighted by molar-refractivity contribution is 6.34. The van der Waals surface area contributed by atoms with Gasteiger partial charge in [-0.2, -0.15) is 0 Å². The Bertz CT molecular complexity index is 867. The lowest BCUT2D eigenvalue weighted by Crippen LogP contribution is -2.06. The summed E-state index contributed by atoms with van der Waals surface area (Å²) in [7, 11) is 1.56. The maximum absolute atomic E-state index is 12.1. The van der Waals surface area contributed by atoms with Gasteiger partial charge in [0.2, 0.25) is 5.90 Å². The molecule has 2 aromatic rings. The molecule has 0 saturated heterocycles. The van der Waals surface area contributed by atoms with Crippen molar-refractivity contribution >= 4 is 29.5 Å². The van der Waals surface area contributed by atoms with Gasteiger partial charge in [0, 0.05) is 0 Å². The summed E-state index contributed by atoms with van der Waals surface area (Å²) in [5.74, 6) is 0.789. The second-order valence-electron chi connectivity index (χ2n) is 6.00. The van der Waals surface area contributed by atoms with Crippen molar-refractivity contribution in [3.63, 3.8) is 0 Å². The molecule has 3 rings (SSSR count). The van der Waals surface area contributed by atoms with E-state index in [1.165, 1.54) is 5.56 Å². The Labute approximate surface area is 151 Å². The van der Waals surface area contributed by atoms with E-state index in [0.29, 0.717) is 22.3 Å². The van der Waals surface area contributed by atoms with E-state index < -0.39 is 5.97 Å². The number of hydrogen-bond acceptors (Lipinski definition) is 4. The minimum Gasteiger partial charge on any atom is -0.497 e. The third-order valence-electron chi connectivity index (χ3n) is 3.93. The number of ether oxygens (including phenoxy) is 2. The van der Waals surface area contributed by atoms with E-state index in [1.54, 1.807) is 31.4 Å². The molecule has 128 valence electrons. The summed E-state index contributed by atoms with van der Waals surface area (Å²) in [6, 6.07) is 13.1. The molecule has 25 heavy (non-hydrogen) atoms. The first-order chi connectivity index (χ1) is 12.0. The Kier molecular flexibility index (Phi) is 4.91. The molecule has 0 radical (unpaired) electrons. The van der Waals surface area contributed by atoms with Gasteiger partial charge in [-0.1, -0.05) is 49.7 Å². The van der Waals surface area contributed by atoms with E-state index in [2.05, 4.69) is 18.8 Å². The van der Waals surface area contributed by atoms with Gasteiger partial charge in [-0.3, -0.25) is 0 Å². The zero-order valence-electron chi connectivity index (χ0n) is 14.2. The van der Waals surface area contributed by atoms with Gasteiger partial charge < -0.3 is 9.47 Å². The standard InChI is InChI=1S/C20H18ClNO3/c1-12(2)14-6-4-13(5-7-14)10-18-20(23)25-19(22-18)16-9-8-15(24-3)11-17(16)21/h4-12H,1-3H3/b18-10-. The van der Waals surface area contributed by atoms with Crippen molar-refractivity contribution in [2.75, 3.05) is 7.11 Å². The maximum atomic E-state index is 12.1. The van der Waals surface area contributed by atoms with Gasteiger partial charge in [0.25, 0.3) is 0 Å². The number of carbonyl (C=O) groups excluding carboxylic acids is 1. The molecule has 0 amide bonds. The van der Waals surface area contributed by atoms with Crippen LogP contribution in [-0.4, -0.2) is 19.0 Å². The molecule has 1 heterocycles. The number of cyclic esters (lactones) is 1. The van der Waals surface area contributed by atoms with Crippen LogP contribution >= 0.6 is 11.6 Å². The lowest BCUT2D eigenvalue weighted by molar-refractivity contribution is -0.129. The Morgan fingerprint density at radius 1 is 1.16 bits per heavy atom. The molecule has 0 bridgehead atoms. The molecule has 0 atom stereocenters. The molecule has 1 aliphatic heterocycles. The summed E-state index contributed by atoms with van der Waals surface area (Å²) in [5.41, 5.74) is 2.93. The number of benzene rings is 2. The molecule has 0 aromatic heterocycles. The summed E-state index contributed by atoms with van der Waals surface area (Å²) in [6.45, 7) is 4.27. The zero-order valence-corrected chi connectivity index (χ0v) is 15.0. The molecule has 1 aliphatic rings. The highest BCUT2D eigenvalue weighted by atomic mass is 35.5. The first kappa shape index (κ1) is 17.2. The smallest absolute Gasteiger partial charge is 0.363 e. The molecule has 0 fully saturated rings. The number of nitrogens with zero attached hydrogens (tertiary/aromatic N) is 1. The van der Waals surface area contributed by atoms with Gasteiger partial charge in [-0.15, -0.1) is 0 Å². The average molecular weight is 356 g/mol. The number of esters is 1. The highest BCUT2D eigenvalue weighted by Gasteiger charge is 2.25. The number of rotatable bonds is 4. The second-order valence-corrected chi connectivity index (χ2v) is 6.41. The van der Waals surface area contributed by atoms with Crippen LogP contribution in [0.1, 0.15) is 36.5 Å². The lowest BCUT2D eigenvalue weighted by atomic mass is 10.0. The number of aliphatic imine (C=N–C) groups is 1. The van der Waals surface area contributed by atoms with Gasteiger partial charge in [0.1, 0.15) is 5.75 Å². The van der Waals surface area contributed by atoms with Crippen molar-refractivity contribution in [1.29, 1.82) is 0 Å². The average Bonchev–Trinajstić information content (AvgIpc) is 2.95. The normalized spacial score (nSPS) is 15.5. The van der Waals surface area contributed by atoms with E-state index in [1.807, 2.05) is 24.3 Å². The Morgan fingerprint density at radius 2 is 1.88 bits per heavy atom. The van der Waals surface area contributed by atoms with Crippen LogP contribution in [0.15, 0.2) is 53.2 Å². The molecular formula is C20H18ClNO3. The van der Waals surface area contributed by atoms with Gasteiger partial charge in [-0.25, -0.2) is 9.79 Å². The molecule has 0 aliphatic carbocycles. The van der Waals surface area contributed by atoms with Crippen LogP contribution in [0.25, 0.3) is 6.08 Å². The van der Waals surface area contributed by atoms with Gasteiger partial charge >= 0.3 is 5.97 Å². The Balaban J connectivity index is 1.89. The summed E-state index contributed by atoms with van der Waals surface area (Å²) >= 11 is 6.22. The highest BCUT2D eigenvalue weighted by Crippen LogP contribution is 2.27. The fourth-order valence-corrected chi connectivity index (χ4v) is 2.71. The number of methoxy groups -OCH3 is 1. The van der Waals surface area contributed by atoms with Crippen LogP contribution in [-0.2, 0) is 9.53 Å². The van der Waals surface area contributed by atoms with Gasteiger partial charge in [-0.05, 0) is 41.3 Å². The summed E-state index contributed by atoms with van der Waals surface area (Å²) in [6.07, 6.45) is 1.71. The molecule has 2 aromatic carbocycles. The fourth-order valence-electron chi connectivity index (χ4n) is 2.46. The molecular weight excluding hydrogens is 338 g/mol. The first-order valence-electron chi connectivity index (χ1n) is 7.94. The second kappa shape index (κ2) is 7.11. The molecule has 0 saturated carbocycles. The van der Waals surface area contributed by atoms with Crippen LogP contribution in [0.5, 0.6) is 5.75 Å². The van der Waals surface area contributed by atoms with Crippen molar-refractivity contribution in [2.45, 2.75) is 19.8 Å². The minimum atomic E-state index is -0.491. The Morgan fingerprint density at radius 3 is 2.48 bits per heavy atom. The van der Waals surface area contributed by atoms with Crippen molar-refractivity contribution in [1.82, 2.24) is 0 Å². The van der Waals surface area contributed by atoms with Crippen LogP contribution in [0.4, 0.5) is 0 Å². The number of carbonyl (C=O) groups is 1. The monoisotopic (exact) mass is 355 g/mol. The van der Waals surface area contributed by atoms with Crippen LogP contribution in [0, 0.1) is 0 Å². The first-order valence-corrected chi connectivity index (χ1v) is 8.32. The van der Waals surface area contributed by atoms with Crippen molar-refractivity contribution < 1.29 is 14.3 Å². The molecule has 4 nitrogen and oxygen atoms in total. The maximum Gasteiger partial charge on any atom is 0.363 e. The topological polar surface area (TPSA) is 47.9 Å². The van der Waals surface area contributed by atoms with Gasteiger partial charge in [0.15, 0.2) is 5.70 Å². The van der Waals surface area contributed by atoms with Crippen LogP contribution < -0.4 is 4.74 Å². The SMILES string of the molecule is COc1ccc(C2=N/C(=C\c3ccc(C(C)C)cc3)C(=O)O2)c(Cl)c1. The van der Waals surface area contributed by atoms with Crippen molar-refractivity contribution in [3.8, 4) is 5.75 Å². The minimum absolute atomic E-state index is 0.197. The zero-order chi connectivity index (χ0) is 18.0. The van der Waals surface area contributed by atoms with E-state index >= 15 is 0 Å². The largest absolute Gasteiger partial charge is 0.497 e. The van der Waals surface area contributed by atoms with E-state index in [9.17, 15) is 4.79 Å². The van der Waals surface area contributed by atoms with Crippen molar-refractivity contribution in [2.24, 2.45) is 4.99 Å². The third kappa shape index (κ3) is 3.74. The number of hydrogen-bond donors (Lipinski definition) is 0. The molecule has 0 spiro atoms. The molecule has 5 heteroatoms. The van der Waals surface area contributed by atoms with Crippen molar-refractivity contribution in [3.05, 3.63) is 69.9 Å². The Hall–Kier alpha value is -2.59. The van der Waals surface area contributed by atoms with E-state index in [0.717, 1.165) is 5.56 Å². The molecule has 0 unspecified atom stereocenters. The predicted molar refractivity (Wildman–Crippen MR) is 99.1 cm³/mol. The van der Waals surface area contributed by atoms with Crippen LogP contribution in [0.3, 0.4) is 0 Å².